The van der Waals surface area contributed by atoms with Crippen molar-refractivity contribution in [2.45, 2.75) is 32.4 Å². The smallest absolute Gasteiger partial charge is 0.0979 e. The summed E-state index contributed by atoms with van der Waals surface area (Å²) in [7, 11) is 0. The third-order valence-electron chi connectivity index (χ3n) is 2.12. The van der Waals surface area contributed by atoms with Crippen LogP contribution in [0.15, 0.2) is 24.3 Å². The maximum Gasteiger partial charge on any atom is 0.0979 e. The Kier molecular flexibility index (Phi) is 3.73. The van der Waals surface area contributed by atoms with Crippen LogP contribution in [0.1, 0.15) is 31.7 Å². The van der Waals surface area contributed by atoms with E-state index in [0.717, 1.165) is 10.6 Å². The molecular weight excluding hydrogens is 187 g/mol. The SMILES string of the molecule is CC(C[C@H](C)F)c1ccc(Cl)cc1. The van der Waals surface area contributed by atoms with Crippen molar-refractivity contribution in [3.63, 3.8) is 0 Å². The molecule has 0 aliphatic rings. The van der Waals surface area contributed by atoms with Crippen LogP contribution in [0.5, 0.6) is 0 Å². The highest BCUT2D eigenvalue weighted by atomic mass is 35.5. The van der Waals surface area contributed by atoms with Crippen molar-refractivity contribution in [3.05, 3.63) is 34.9 Å². The van der Waals surface area contributed by atoms with E-state index in [1.54, 1.807) is 6.92 Å². The molecular formula is C11H14ClF. The Bertz CT molecular complexity index is 253. The van der Waals surface area contributed by atoms with Crippen LogP contribution < -0.4 is 0 Å². The predicted molar refractivity (Wildman–Crippen MR) is 55.1 cm³/mol. The lowest BCUT2D eigenvalue weighted by Gasteiger charge is -2.12. The Balaban J connectivity index is 2.66. The molecule has 0 aliphatic carbocycles. The monoisotopic (exact) mass is 200 g/mol. The van der Waals surface area contributed by atoms with Gasteiger partial charge in [-0.1, -0.05) is 30.7 Å². The molecule has 13 heavy (non-hydrogen) atoms. The lowest BCUT2D eigenvalue weighted by Crippen LogP contribution is -2.01. The molecule has 1 unspecified atom stereocenters. The molecule has 0 N–H and O–H groups in total. The number of hydrogen-bond donors (Lipinski definition) is 0. The number of benzene rings is 1. The van der Waals surface area contributed by atoms with Crippen molar-refractivity contribution in [2.75, 3.05) is 0 Å². The zero-order valence-electron chi connectivity index (χ0n) is 7.93. The summed E-state index contributed by atoms with van der Waals surface area (Å²) in [4.78, 5) is 0. The van der Waals surface area contributed by atoms with Crippen molar-refractivity contribution in [1.82, 2.24) is 0 Å². The van der Waals surface area contributed by atoms with Crippen LogP contribution in [-0.2, 0) is 0 Å². The fraction of sp³-hybridized carbons (Fsp3) is 0.455. The third kappa shape index (κ3) is 3.35. The molecule has 1 aromatic rings. The molecule has 72 valence electrons. The average Bonchev–Trinajstić information content (AvgIpc) is 2.04. The van der Waals surface area contributed by atoms with Crippen molar-refractivity contribution in [2.24, 2.45) is 0 Å². The molecule has 0 aromatic heterocycles. The Morgan fingerprint density at radius 2 is 1.77 bits per heavy atom. The van der Waals surface area contributed by atoms with E-state index in [1.807, 2.05) is 31.2 Å². The molecule has 2 atom stereocenters. The van der Waals surface area contributed by atoms with Crippen LogP contribution in [0, 0.1) is 0 Å². The maximum absolute atomic E-state index is 12.7. The van der Waals surface area contributed by atoms with Gasteiger partial charge in [0.2, 0.25) is 0 Å². The highest BCUT2D eigenvalue weighted by Gasteiger charge is 2.09. The van der Waals surface area contributed by atoms with E-state index in [0.29, 0.717) is 6.42 Å². The largest absolute Gasteiger partial charge is 0.248 e. The molecule has 0 saturated carbocycles. The van der Waals surface area contributed by atoms with E-state index in [2.05, 4.69) is 0 Å². The first-order valence-electron chi connectivity index (χ1n) is 4.49. The zero-order valence-corrected chi connectivity index (χ0v) is 8.68. The van der Waals surface area contributed by atoms with E-state index in [4.69, 9.17) is 11.6 Å². The summed E-state index contributed by atoms with van der Waals surface area (Å²) in [6, 6.07) is 7.59. The summed E-state index contributed by atoms with van der Waals surface area (Å²) in [5, 5.41) is 0.726. The van der Waals surface area contributed by atoms with E-state index >= 15 is 0 Å². The van der Waals surface area contributed by atoms with Gasteiger partial charge in [0.1, 0.15) is 0 Å². The molecule has 0 aliphatic heterocycles. The molecule has 2 heteroatoms. The molecule has 0 saturated heterocycles. The first-order valence-corrected chi connectivity index (χ1v) is 4.87. The summed E-state index contributed by atoms with van der Waals surface area (Å²) in [5.74, 6) is 0.261. The fourth-order valence-corrected chi connectivity index (χ4v) is 1.54. The normalized spacial score (nSPS) is 15.4. The summed E-state index contributed by atoms with van der Waals surface area (Å²) in [6.07, 6.45) is -0.174. The summed E-state index contributed by atoms with van der Waals surface area (Å²) in [6.45, 7) is 3.62. The minimum Gasteiger partial charge on any atom is -0.248 e. The van der Waals surface area contributed by atoms with Gasteiger partial charge in [0, 0.05) is 5.02 Å². The van der Waals surface area contributed by atoms with Crippen LogP contribution in [0.4, 0.5) is 4.39 Å². The van der Waals surface area contributed by atoms with Crippen molar-refractivity contribution in [1.29, 1.82) is 0 Å². The van der Waals surface area contributed by atoms with Crippen LogP contribution in [-0.4, -0.2) is 6.17 Å². The quantitative estimate of drug-likeness (QED) is 0.687. The van der Waals surface area contributed by atoms with E-state index in [1.165, 1.54) is 0 Å². The summed E-state index contributed by atoms with van der Waals surface area (Å²) in [5.41, 5.74) is 1.15. The van der Waals surface area contributed by atoms with Crippen molar-refractivity contribution >= 4 is 11.6 Å². The van der Waals surface area contributed by atoms with Gasteiger partial charge in [-0.05, 0) is 37.0 Å². The number of hydrogen-bond acceptors (Lipinski definition) is 0. The van der Waals surface area contributed by atoms with Crippen molar-refractivity contribution in [3.8, 4) is 0 Å². The highest BCUT2D eigenvalue weighted by molar-refractivity contribution is 6.30. The Hall–Kier alpha value is -0.560. The second-order valence-electron chi connectivity index (χ2n) is 3.47. The molecule has 1 aromatic carbocycles. The van der Waals surface area contributed by atoms with Gasteiger partial charge in [0.15, 0.2) is 0 Å². The van der Waals surface area contributed by atoms with E-state index in [9.17, 15) is 4.39 Å². The van der Waals surface area contributed by atoms with E-state index < -0.39 is 6.17 Å². The minimum absolute atomic E-state index is 0.261. The predicted octanol–water partition coefficient (Wildman–Crippen LogP) is 4.19. The summed E-state index contributed by atoms with van der Waals surface area (Å²) < 4.78 is 12.7. The minimum atomic E-state index is -0.745. The van der Waals surface area contributed by atoms with Gasteiger partial charge in [0.25, 0.3) is 0 Å². The van der Waals surface area contributed by atoms with E-state index in [-0.39, 0.29) is 5.92 Å². The van der Waals surface area contributed by atoms with Gasteiger partial charge in [-0.2, -0.15) is 0 Å². The molecule has 0 fully saturated rings. The third-order valence-corrected chi connectivity index (χ3v) is 2.37. The highest BCUT2D eigenvalue weighted by Crippen LogP contribution is 2.22. The molecule has 0 heterocycles. The molecule has 0 radical (unpaired) electrons. The number of alkyl halides is 1. The molecule has 0 spiro atoms. The second-order valence-corrected chi connectivity index (χ2v) is 3.91. The van der Waals surface area contributed by atoms with Gasteiger partial charge in [0.05, 0.1) is 6.17 Å². The molecule has 0 nitrogen and oxygen atoms in total. The van der Waals surface area contributed by atoms with Gasteiger partial charge >= 0.3 is 0 Å². The molecule has 0 bridgehead atoms. The fourth-order valence-electron chi connectivity index (χ4n) is 1.41. The Morgan fingerprint density at radius 1 is 1.23 bits per heavy atom. The first kappa shape index (κ1) is 10.5. The lowest BCUT2D eigenvalue weighted by atomic mass is 9.96. The average molecular weight is 201 g/mol. The van der Waals surface area contributed by atoms with Crippen LogP contribution in [0.2, 0.25) is 5.02 Å². The second kappa shape index (κ2) is 4.61. The molecule has 1 rings (SSSR count). The van der Waals surface area contributed by atoms with Gasteiger partial charge in [-0.25, -0.2) is 4.39 Å². The maximum atomic E-state index is 12.7. The topological polar surface area (TPSA) is 0 Å². The first-order chi connectivity index (χ1) is 6.09. The number of halogens is 2. The standard InChI is InChI=1S/C11H14ClF/c1-8(7-9(2)13)10-3-5-11(12)6-4-10/h3-6,8-9H,7H2,1-2H3/t8?,9-/m0/s1. The Morgan fingerprint density at radius 3 is 2.23 bits per heavy atom. The van der Waals surface area contributed by atoms with Crippen molar-refractivity contribution < 1.29 is 4.39 Å². The van der Waals surface area contributed by atoms with Gasteiger partial charge in [-0.3, -0.25) is 0 Å². The Labute approximate surface area is 83.7 Å². The molecule has 0 amide bonds. The van der Waals surface area contributed by atoms with Crippen LogP contribution >= 0.6 is 11.6 Å². The summed E-state index contributed by atoms with van der Waals surface area (Å²) >= 11 is 5.75. The van der Waals surface area contributed by atoms with Gasteiger partial charge < -0.3 is 0 Å². The van der Waals surface area contributed by atoms with Gasteiger partial charge in [-0.15, -0.1) is 0 Å². The van der Waals surface area contributed by atoms with Crippen LogP contribution in [0.25, 0.3) is 0 Å². The zero-order chi connectivity index (χ0) is 9.84. The lowest BCUT2D eigenvalue weighted by molar-refractivity contribution is 0.324. The van der Waals surface area contributed by atoms with Crippen LogP contribution in [0.3, 0.4) is 0 Å². The number of rotatable bonds is 3.